The Kier molecular flexibility index (Phi) is 5.33. The molecule has 0 saturated heterocycles. The van der Waals surface area contributed by atoms with Crippen molar-refractivity contribution in [1.82, 2.24) is 0 Å². The van der Waals surface area contributed by atoms with Gasteiger partial charge < -0.3 is 0 Å². The van der Waals surface area contributed by atoms with Crippen LogP contribution in [0.2, 0.25) is 0 Å². The third kappa shape index (κ3) is 3.90. The smallest absolute Gasteiger partial charge is 0.258 e. The molecule has 0 aliphatic rings. The van der Waals surface area contributed by atoms with E-state index >= 15 is 0 Å². The molecule has 0 saturated carbocycles. The van der Waals surface area contributed by atoms with E-state index in [1.54, 1.807) is 0 Å². The van der Waals surface area contributed by atoms with Gasteiger partial charge >= 0.3 is 0 Å². The molecule has 0 unspecified atom stereocenters. The Hall–Kier alpha value is -4.36. The Morgan fingerprint density at radius 3 is 0.964 bits per heavy atom. The maximum Gasteiger partial charge on any atom is 0.281 e. The minimum atomic E-state index is -0.830. The predicted molar refractivity (Wildman–Crippen MR) is 93.2 cm³/mol. The van der Waals surface area contributed by atoms with Gasteiger partial charge in [0, 0.05) is 24.3 Å². The second kappa shape index (κ2) is 7.48. The number of nitrogens with zero attached hydrogens (tertiary/aromatic N) is 6. The molecule has 2 aromatic carbocycles. The quantitative estimate of drug-likeness (QED) is 0.393. The maximum atomic E-state index is 11.1. The third-order valence-electron chi connectivity index (χ3n) is 3.74. The Morgan fingerprint density at radius 2 is 0.786 bits per heavy atom. The molecule has 0 radical (unpaired) electrons. The zero-order chi connectivity index (χ0) is 21.2. The Labute approximate surface area is 154 Å². The molecular formula is C14H10N6O8. The van der Waals surface area contributed by atoms with Crippen molar-refractivity contribution >= 4 is 34.1 Å². The summed E-state index contributed by atoms with van der Waals surface area (Å²) in [5.74, 6) is 0. The number of nitro benzene ring substituents is 4. The molecule has 14 nitrogen and oxygen atoms in total. The van der Waals surface area contributed by atoms with Gasteiger partial charge in [0.15, 0.2) is 0 Å². The van der Waals surface area contributed by atoms with Gasteiger partial charge in [-0.15, -0.1) is 0 Å². The van der Waals surface area contributed by atoms with Gasteiger partial charge in [-0.1, -0.05) is 0 Å². The molecular weight excluding hydrogens is 380 g/mol. The highest BCUT2D eigenvalue weighted by atomic mass is 16.6. The van der Waals surface area contributed by atoms with Crippen LogP contribution < -0.4 is 0 Å². The van der Waals surface area contributed by atoms with Crippen molar-refractivity contribution in [3.8, 4) is 0 Å². The van der Waals surface area contributed by atoms with Crippen LogP contribution in [0.4, 0.5) is 34.1 Å². The first-order chi connectivity index (χ1) is 13.0. The van der Waals surface area contributed by atoms with Crippen molar-refractivity contribution in [2.45, 2.75) is 13.8 Å². The SMILES string of the molecule is Cc1c([N+](=O)[O-])cc(N=Nc2cc([N+](=O)[O-])c(C)c([N+](=O)[O-])c2)cc1[N+](=O)[O-]. The van der Waals surface area contributed by atoms with Crippen molar-refractivity contribution in [1.29, 1.82) is 0 Å². The summed E-state index contributed by atoms with van der Waals surface area (Å²) >= 11 is 0. The van der Waals surface area contributed by atoms with E-state index in [0.717, 1.165) is 24.3 Å². The molecule has 144 valence electrons. The summed E-state index contributed by atoms with van der Waals surface area (Å²) in [5.41, 5.74) is -3.17. The maximum absolute atomic E-state index is 11.1. The molecule has 0 amide bonds. The van der Waals surface area contributed by atoms with Crippen LogP contribution in [0.25, 0.3) is 0 Å². The van der Waals surface area contributed by atoms with E-state index < -0.39 is 42.4 Å². The van der Waals surface area contributed by atoms with Gasteiger partial charge in [0.2, 0.25) is 0 Å². The van der Waals surface area contributed by atoms with Crippen LogP contribution in [0.15, 0.2) is 34.5 Å². The molecule has 28 heavy (non-hydrogen) atoms. The minimum Gasteiger partial charge on any atom is -0.258 e. The highest BCUT2D eigenvalue weighted by Crippen LogP contribution is 2.36. The summed E-state index contributed by atoms with van der Waals surface area (Å²) in [6.45, 7) is 2.40. The zero-order valence-electron chi connectivity index (χ0n) is 14.3. The molecule has 0 bridgehead atoms. The summed E-state index contributed by atoms with van der Waals surface area (Å²) in [7, 11) is 0. The van der Waals surface area contributed by atoms with Crippen molar-refractivity contribution < 1.29 is 19.7 Å². The van der Waals surface area contributed by atoms with Crippen LogP contribution in [0, 0.1) is 54.3 Å². The van der Waals surface area contributed by atoms with Crippen LogP contribution >= 0.6 is 0 Å². The van der Waals surface area contributed by atoms with Crippen molar-refractivity contribution in [2.24, 2.45) is 10.2 Å². The molecule has 0 fully saturated rings. The number of nitro groups is 4. The van der Waals surface area contributed by atoms with Gasteiger partial charge in [0.25, 0.3) is 22.7 Å². The predicted octanol–water partition coefficient (Wildman–Crippen LogP) is 4.35. The molecule has 0 heterocycles. The summed E-state index contributed by atoms with van der Waals surface area (Å²) in [4.78, 5) is 40.9. The van der Waals surface area contributed by atoms with Crippen LogP contribution in [0.5, 0.6) is 0 Å². The zero-order valence-corrected chi connectivity index (χ0v) is 14.3. The first-order valence-corrected chi connectivity index (χ1v) is 7.31. The van der Waals surface area contributed by atoms with Crippen molar-refractivity contribution in [3.63, 3.8) is 0 Å². The molecule has 14 heteroatoms. The van der Waals surface area contributed by atoms with Crippen LogP contribution in [-0.4, -0.2) is 19.7 Å². The molecule has 0 spiro atoms. The highest BCUT2D eigenvalue weighted by Gasteiger charge is 2.25. The Morgan fingerprint density at radius 1 is 0.571 bits per heavy atom. The first kappa shape index (κ1) is 20.0. The average molecular weight is 390 g/mol. The van der Waals surface area contributed by atoms with Gasteiger partial charge in [-0.05, 0) is 13.8 Å². The fourth-order valence-electron chi connectivity index (χ4n) is 2.33. The lowest BCUT2D eigenvalue weighted by Gasteiger charge is -2.02. The Bertz CT molecular complexity index is 910. The fourth-order valence-corrected chi connectivity index (χ4v) is 2.33. The molecule has 0 aliphatic heterocycles. The van der Waals surface area contributed by atoms with E-state index in [1.807, 2.05) is 0 Å². The molecule has 0 atom stereocenters. The number of hydrogen-bond acceptors (Lipinski definition) is 10. The van der Waals surface area contributed by atoms with Gasteiger partial charge in [-0.25, -0.2) is 0 Å². The van der Waals surface area contributed by atoms with Crippen LogP contribution in [-0.2, 0) is 0 Å². The monoisotopic (exact) mass is 390 g/mol. The highest BCUT2D eigenvalue weighted by molar-refractivity contribution is 5.64. The molecule has 0 aromatic heterocycles. The van der Waals surface area contributed by atoms with E-state index in [2.05, 4.69) is 10.2 Å². The Balaban J connectivity index is 2.60. The van der Waals surface area contributed by atoms with Crippen LogP contribution in [0.3, 0.4) is 0 Å². The molecule has 2 rings (SSSR count). The van der Waals surface area contributed by atoms with Crippen molar-refractivity contribution in [3.05, 3.63) is 75.8 Å². The number of benzene rings is 2. The minimum absolute atomic E-state index is 0.185. The average Bonchev–Trinajstić information content (AvgIpc) is 2.60. The largest absolute Gasteiger partial charge is 0.281 e. The number of rotatable bonds is 6. The summed E-state index contributed by atoms with van der Waals surface area (Å²) in [6, 6.07) is 3.73. The van der Waals surface area contributed by atoms with E-state index in [9.17, 15) is 40.5 Å². The first-order valence-electron chi connectivity index (χ1n) is 7.31. The second-order valence-corrected chi connectivity index (χ2v) is 5.45. The standard InChI is InChI=1S/C14H10N6O8/c1-7-11(17(21)22)3-9(4-12(7)18(23)24)15-16-10-5-13(19(25)26)8(2)14(6-10)20(27)28/h3-6H,1-2H3. The normalized spacial score (nSPS) is 10.8. The molecule has 0 N–H and O–H groups in total. The number of azo groups is 1. The topological polar surface area (TPSA) is 197 Å². The number of hydrogen-bond donors (Lipinski definition) is 0. The van der Waals surface area contributed by atoms with Gasteiger partial charge in [-0.2, -0.15) is 10.2 Å². The van der Waals surface area contributed by atoms with E-state index in [-0.39, 0.29) is 22.5 Å². The lowest BCUT2D eigenvalue weighted by atomic mass is 10.1. The van der Waals surface area contributed by atoms with Gasteiger partial charge in [0.05, 0.1) is 31.1 Å². The van der Waals surface area contributed by atoms with Crippen molar-refractivity contribution in [2.75, 3.05) is 0 Å². The summed E-state index contributed by atoms with van der Waals surface area (Å²) in [5, 5.41) is 51.5. The van der Waals surface area contributed by atoms with Gasteiger partial charge in [0.1, 0.15) is 11.1 Å². The third-order valence-corrected chi connectivity index (χ3v) is 3.74. The summed E-state index contributed by atoms with van der Waals surface area (Å²) < 4.78 is 0. The lowest BCUT2D eigenvalue weighted by molar-refractivity contribution is -0.395. The fraction of sp³-hybridized carbons (Fsp3) is 0.143. The van der Waals surface area contributed by atoms with E-state index in [4.69, 9.17) is 0 Å². The second-order valence-electron chi connectivity index (χ2n) is 5.45. The molecule has 2 aromatic rings. The van der Waals surface area contributed by atoms with Crippen LogP contribution in [0.1, 0.15) is 11.1 Å². The van der Waals surface area contributed by atoms with E-state index in [1.165, 1.54) is 13.8 Å². The van der Waals surface area contributed by atoms with Gasteiger partial charge in [-0.3, -0.25) is 40.5 Å². The molecule has 0 aliphatic carbocycles. The summed E-state index contributed by atoms with van der Waals surface area (Å²) in [6.07, 6.45) is 0. The lowest BCUT2D eigenvalue weighted by Crippen LogP contribution is -1.97. The van der Waals surface area contributed by atoms with E-state index in [0.29, 0.717) is 0 Å².